The van der Waals surface area contributed by atoms with Crippen LogP contribution in [0.4, 0.5) is 20.4 Å². The SMILES string of the molecule is C[C@H](N)C(=O)N=S(C)(=O)Cc1cc2nc(c1)OCCCOc1cc(F)ccc1-c1cc(ncc1F)N2. The maximum absolute atomic E-state index is 14.7. The molecule has 3 aromatic rings. The van der Waals surface area contributed by atoms with E-state index in [0.717, 1.165) is 6.20 Å². The average molecular weight is 518 g/mol. The number of hydrogen-bond acceptors (Lipinski definition) is 8. The Labute approximate surface area is 207 Å². The number of aromatic nitrogens is 2. The van der Waals surface area contributed by atoms with Gasteiger partial charge in [-0.2, -0.15) is 9.35 Å². The molecule has 0 spiro atoms. The Hall–Kier alpha value is -3.64. The van der Waals surface area contributed by atoms with E-state index in [0.29, 0.717) is 23.4 Å². The largest absolute Gasteiger partial charge is 0.493 e. The molecule has 190 valence electrons. The van der Waals surface area contributed by atoms with E-state index in [2.05, 4.69) is 19.6 Å². The summed E-state index contributed by atoms with van der Waals surface area (Å²) in [5.74, 6) is -0.836. The van der Waals surface area contributed by atoms with Crippen LogP contribution in [0.3, 0.4) is 0 Å². The number of ether oxygens (including phenoxy) is 2. The van der Waals surface area contributed by atoms with Crippen LogP contribution in [0, 0.1) is 11.6 Å². The molecule has 3 N–H and O–H groups in total. The van der Waals surface area contributed by atoms with Crippen molar-refractivity contribution in [2.45, 2.75) is 25.1 Å². The molecule has 36 heavy (non-hydrogen) atoms. The third-order valence-corrected chi connectivity index (χ3v) is 6.55. The van der Waals surface area contributed by atoms with Crippen LogP contribution in [-0.2, 0) is 20.3 Å². The Morgan fingerprint density at radius 1 is 1.17 bits per heavy atom. The van der Waals surface area contributed by atoms with E-state index in [1.807, 2.05) is 0 Å². The minimum atomic E-state index is -2.94. The maximum Gasteiger partial charge on any atom is 0.270 e. The minimum absolute atomic E-state index is 0.0524. The number of nitrogens with one attached hydrogen (secondary N) is 1. The molecule has 1 aromatic carbocycles. The van der Waals surface area contributed by atoms with Gasteiger partial charge in [0.1, 0.15) is 29.0 Å². The summed E-state index contributed by atoms with van der Waals surface area (Å²) in [5.41, 5.74) is 6.62. The molecule has 0 fully saturated rings. The number of rotatable bonds is 3. The van der Waals surface area contributed by atoms with Crippen molar-refractivity contribution >= 4 is 27.3 Å². The standard InChI is InChI=1S/C24H25F2N5O4S/c1-14(27)24(32)31-36(2,33)13-15-8-22-29-21-11-18(19(26)12-28-21)17-5-4-16(25)10-20(17)34-6-3-7-35-23(9-15)30-22/h4-5,8-12,14H,3,6-7,13,27H2,1-2H3,(H,28,29,30)/t14-,36?/m0/s1. The van der Waals surface area contributed by atoms with Crippen LogP contribution >= 0.6 is 0 Å². The van der Waals surface area contributed by atoms with Crippen LogP contribution in [0.5, 0.6) is 11.6 Å². The molecule has 12 heteroatoms. The summed E-state index contributed by atoms with van der Waals surface area (Å²) < 4.78 is 56.8. The molecule has 4 bridgehead atoms. The van der Waals surface area contributed by atoms with E-state index < -0.39 is 33.3 Å². The number of anilines is 2. The molecule has 0 radical (unpaired) electrons. The zero-order chi connectivity index (χ0) is 25.9. The van der Waals surface area contributed by atoms with Crippen molar-refractivity contribution in [1.82, 2.24) is 9.97 Å². The summed E-state index contributed by atoms with van der Waals surface area (Å²) >= 11 is 0. The highest BCUT2D eigenvalue weighted by molar-refractivity contribution is 7.92. The number of halogens is 2. The van der Waals surface area contributed by atoms with Crippen molar-refractivity contribution in [1.29, 1.82) is 0 Å². The highest BCUT2D eigenvalue weighted by Crippen LogP contribution is 2.34. The monoisotopic (exact) mass is 517 g/mol. The van der Waals surface area contributed by atoms with E-state index in [9.17, 15) is 17.8 Å². The van der Waals surface area contributed by atoms with Crippen LogP contribution in [-0.4, -0.2) is 45.6 Å². The zero-order valence-electron chi connectivity index (χ0n) is 19.7. The lowest BCUT2D eigenvalue weighted by atomic mass is 10.0. The van der Waals surface area contributed by atoms with Crippen molar-refractivity contribution in [3.05, 3.63) is 59.8 Å². The first-order chi connectivity index (χ1) is 17.1. The predicted octanol–water partition coefficient (Wildman–Crippen LogP) is 3.80. The first-order valence-corrected chi connectivity index (χ1v) is 13.2. The number of nitrogens with two attached hydrogens (primary N) is 1. The van der Waals surface area contributed by atoms with Gasteiger partial charge in [-0.05, 0) is 36.8 Å². The van der Waals surface area contributed by atoms with Gasteiger partial charge in [0.2, 0.25) is 5.88 Å². The second-order valence-corrected chi connectivity index (χ2v) is 10.8. The molecule has 3 heterocycles. The first-order valence-electron chi connectivity index (χ1n) is 11.1. The quantitative estimate of drug-likeness (QED) is 0.537. The van der Waals surface area contributed by atoms with E-state index >= 15 is 0 Å². The van der Waals surface area contributed by atoms with Crippen LogP contribution in [0.2, 0.25) is 0 Å². The lowest BCUT2D eigenvalue weighted by Crippen LogP contribution is -2.26. The molecule has 0 saturated carbocycles. The van der Waals surface area contributed by atoms with Crippen LogP contribution in [0.25, 0.3) is 11.1 Å². The molecule has 2 atom stereocenters. The smallest absolute Gasteiger partial charge is 0.270 e. The molecule has 1 unspecified atom stereocenters. The van der Waals surface area contributed by atoms with Crippen molar-refractivity contribution in [2.24, 2.45) is 10.1 Å². The van der Waals surface area contributed by atoms with Gasteiger partial charge in [0.15, 0.2) is 0 Å². The molecule has 9 nitrogen and oxygen atoms in total. The molecule has 4 rings (SSSR count). The number of carbonyl (C=O) groups excluding carboxylic acids is 1. The summed E-state index contributed by atoms with van der Waals surface area (Å²) in [6, 6.07) is 7.68. The fraction of sp³-hybridized carbons (Fsp3) is 0.292. The second-order valence-electron chi connectivity index (χ2n) is 8.39. The van der Waals surface area contributed by atoms with E-state index in [4.69, 9.17) is 15.2 Å². The summed E-state index contributed by atoms with van der Waals surface area (Å²) in [5, 5.41) is 3.00. The fourth-order valence-corrected chi connectivity index (χ4v) is 4.89. The Kier molecular flexibility index (Phi) is 7.45. The van der Waals surface area contributed by atoms with Crippen molar-refractivity contribution in [2.75, 3.05) is 24.8 Å². The number of hydrogen-bond donors (Lipinski definition) is 2. The van der Waals surface area contributed by atoms with Gasteiger partial charge in [0, 0.05) is 35.9 Å². The van der Waals surface area contributed by atoms with E-state index in [1.54, 1.807) is 12.1 Å². The van der Waals surface area contributed by atoms with E-state index in [1.165, 1.54) is 37.4 Å². The van der Waals surface area contributed by atoms with E-state index in [-0.39, 0.29) is 42.0 Å². The lowest BCUT2D eigenvalue weighted by molar-refractivity contribution is -0.118. The van der Waals surface area contributed by atoms with Crippen LogP contribution < -0.4 is 20.5 Å². The molecule has 1 aliphatic heterocycles. The topological polar surface area (TPSA) is 129 Å². The molecular weight excluding hydrogens is 492 g/mol. The zero-order valence-corrected chi connectivity index (χ0v) is 20.5. The number of pyridine rings is 2. The molecule has 1 amide bonds. The Balaban J connectivity index is 1.74. The third kappa shape index (κ3) is 6.32. The fourth-order valence-electron chi connectivity index (χ4n) is 3.50. The van der Waals surface area contributed by atoms with Crippen molar-refractivity contribution in [3.8, 4) is 22.8 Å². The van der Waals surface area contributed by atoms with Gasteiger partial charge in [0.25, 0.3) is 5.91 Å². The second kappa shape index (κ2) is 10.5. The van der Waals surface area contributed by atoms with Gasteiger partial charge in [-0.25, -0.2) is 18.0 Å². The molecule has 0 saturated heterocycles. The van der Waals surface area contributed by atoms with Crippen LogP contribution in [0.15, 0.2) is 47.0 Å². The molecule has 0 aliphatic carbocycles. The Morgan fingerprint density at radius 3 is 2.72 bits per heavy atom. The number of fused-ring (bicyclic) bond motifs is 6. The lowest BCUT2D eigenvalue weighted by Gasteiger charge is -2.16. The highest BCUT2D eigenvalue weighted by Gasteiger charge is 2.17. The number of benzene rings is 1. The van der Waals surface area contributed by atoms with Gasteiger partial charge in [0.05, 0.1) is 40.9 Å². The minimum Gasteiger partial charge on any atom is -0.493 e. The maximum atomic E-state index is 14.7. The number of nitrogens with zero attached hydrogens (tertiary/aromatic N) is 3. The predicted molar refractivity (Wildman–Crippen MR) is 132 cm³/mol. The Morgan fingerprint density at radius 2 is 1.94 bits per heavy atom. The number of amides is 1. The summed E-state index contributed by atoms with van der Waals surface area (Å²) in [6.45, 7) is 1.87. The molecule has 2 aromatic heterocycles. The molecule has 1 aliphatic rings. The Bertz CT molecular complexity index is 1420. The van der Waals surface area contributed by atoms with Crippen LogP contribution in [0.1, 0.15) is 18.9 Å². The summed E-state index contributed by atoms with van der Waals surface area (Å²) in [7, 11) is -2.94. The first kappa shape index (κ1) is 25.5. The molecular formula is C24H25F2N5O4S. The van der Waals surface area contributed by atoms with Crippen molar-refractivity contribution < 1.29 is 27.3 Å². The van der Waals surface area contributed by atoms with Gasteiger partial charge >= 0.3 is 0 Å². The summed E-state index contributed by atoms with van der Waals surface area (Å²) in [4.78, 5) is 20.4. The average Bonchev–Trinajstić information content (AvgIpc) is 2.79. The van der Waals surface area contributed by atoms with Gasteiger partial charge in [-0.3, -0.25) is 4.79 Å². The van der Waals surface area contributed by atoms with Gasteiger partial charge in [-0.15, -0.1) is 0 Å². The van der Waals surface area contributed by atoms with Crippen molar-refractivity contribution in [3.63, 3.8) is 0 Å². The van der Waals surface area contributed by atoms with Gasteiger partial charge in [-0.1, -0.05) is 0 Å². The number of carbonyl (C=O) groups is 1. The third-order valence-electron chi connectivity index (χ3n) is 5.11. The van der Waals surface area contributed by atoms with Gasteiger partial charge < -0.3 is 20.5 Å². The normalized spacial score (nSPS) is 15.6. The summed E-state index contributed by atoms with van der Waals surface area (Å²) in [6.07, 6.45) is 2.84. The highest BCUT2D eigenvalue weighted by atomic mass is 32.2.